The average molecular weight is 223 g/mol. The van der Waals surface area contributed by atoms with Gasteiger partial charge >= 0.3 is 0 Å². The molecule has 0 fully saturated rings. The van der Waals surface area contributed by atoms with Gasteiger partial charge in [-0.1, -0.05) is 26.7 Å². The second kappa shape index (κ2) is 7.50. The van der Waals surface area contributed by atoms with Crippen LogP contribution in [0.15, 0.2) is 22.8 Å². The van der Waals surface area contributed by atoms with E-state index in [1.165, 1.54) is 25.7 Å². The minimum Gasteiger partial charge on any atom is -0.469 e. The highest BCUT2D eigenvalue weighted by Gasteiger charge is 2.12. The van der Waals surface area contributed by atoms with E-state index in [1.54, 1.807) is 6.26 Å². The van der Waals surface area contributed by atoms with E-state index >= 15 is 0 Å². The van der Waals surface area contributed by atoms with Gasteiger partial charge in [0.2, 0.25) is 0 Å². The summed E-state index contributed by atoms with van der Waals surface area (Å²) in [5.74, 6) is 1.96. The molecule has 1 rings (SSSR count). The zero-order chi connectivity index (χ0) is 11.8. The molecule has 0 aliphatic heterocycles. The van der Waals surface area contributed by atoms with Crippen LogP contribution in [0.1, 0.15) is 45.3 Å². The van der Waals surface area contributed by atoms with Crippen LogP contribution in [0, 0.1) is 5.92 Å². The molecule has 0 aromatic carbocycles. The Morgan fingerprint density at radius 3 is 2.56 bits per heavy atom. The first kappa shape index (κ1) is 13.3. The van der Waals surface area contributed by atoms with Crippen LogP contribution in [0.2, 0.25) is 0 Å². The van der Waals surface area contributed by atoms with E-state index < -0.39 is 0 Å². The van der Waals surface area contributed by atoms with Crippen molar-refractivity contribution in [1.29, 1.82) is 0 Å². The van der Waals surface area contributed by atoms with E-state index in [2.05, 4.69) is 32.3 Å². The maximum atomic E-state index is 5.36. The van der Waals surface area contributed by atoms with Crippen LogP contribution in [0.25, 0.3) is 0 Å². The highest BCUT2D eigenvalue weighted by molar-refractivity contribution is 4.98. The van der Waals surface area contributed by atoms with Gasteiger partial charge in [0, 0.05) is 12.5 Å². The lowest BCUT2D eigenvalue weighted by Crippen LogP contribution is -2.28. The van der Waals surface area contributed by atoms with Gasteiger partial charge in [-0.2, -0.15) is 0 Å². The van der Waals surface area contributed by atoms with Crippen molar-refractivity contribution in [3.05, 3.63) is 24.2 Å². The Bertz CT molecular complexity index is 252. The van der Waals surface area contributed by atoms with E-state index in [9.17, 15) is 0 Å². The Morgan fingerprint density at radius 1 is 1.31 bits per heavy atom. The van der Waals surface area contributed by atoms with Crippen LogP contribution < -0.4 is 5.32 Å². The molecule has 0 aliphatic carbocycles. The number of furan rings is 1. The molecule has 16 heavy (non-hydrogen) atoms. The first-order chi connectivity index (χ1) is 7.80. The number of hydrogen-bond acceptors (Lipinski definition) is 2. The van der Waals surface area contributed by atoms with Crippen LogP contribution in [0.3, 0.4) is 0 Å². The molecule has 1 aromatic heterocycles. The Kier molecular flexibility index (Phi) is 6.24. The third-order valence-electron chi connectivity index (χ3n) is 3.50. The maximum Gasteiger partial charge on any atom is 0.103 e. The molecule has 92 valence electrons. The third kappa shape index (κ3) is 4.40. The van der Waals surface area contributed by atoms with E-state index in [-0.39, 0.29) is 0 Å². The zero-order valence-electron chi connectivity index (χ0n) is 10.8. The maximum absolute atomic E-state index is 5.36. The highest BCUT2D eigenvalue weighted by Crippen LogP contribution is 2.17. The predicted octanol–water partition coefficient (Wildman–Crippen LogP) is 3.63. The molecule has 1 heterocycles. The van der Waals surface area contributed by atoms with Crippen LogP contribution >= 0.6 is 0 Å². The molecular weight excluding hydrogens is 198 g/mol. The molecule has 1 atom stereocenters. The van der Waals surface area contributed by atoms with Gasteiger partial charge in [0.1, 0.15) is 5.76 Å². The fraction of sp³-hybridized carbons (Fsp3) is 0.714. The Morgan fingerprint density at radius 2 is 2.06 bits per heavy atom. The second-order valence-electron chi connectivity index (χ2n) is 4.52. The largest absolute Gasteiger partial charge is 0.469 e. The van der Waals surface area contributed by atoms with Gasteiger partial charge in [-0.15, -0.1) is 0 Å². The summed E-state index contributed by atoms with van der Waals surface area (Å²) in [4.78, 5) is 0. The summed E-state index contributed by atoms with van der Waals surface area (Å²) >= 11 is 0. The normalized spacial score (nSPS) is 13.2. The van der Waals surface area contributed by atoms with E-state index in [4.69, 9.17) is 4.42 Å². The van der Waals surface area contributed by atoms with Gasteiger partial charge in [-0.25, -0.2) is 0 Å². The molecule has 0 aliphatic rings. The molecule has 1 N–H and O–H groups in total. The number of nitrogens with one attached hydrogen (secondary N) is 1. The molecule has 0 radical (unpaired) electrons. The Balaban J connectivity index is 2.31. The zero-order valence-corrected chi connectivity index (χ0v) is 10.8. The predicted molar refractivity (Wildman–Crippen MR) is 68.6 cm³/mol. The lowest BCUT2D eigenvalue weighted by Gasteiger charge is -2.21. The molecule has 2 nitrogen and oxygen atoms in total. The molecular formula is C14H25NO. The van der Waals surface area contributed by atoms with Crippen LogP contribution in [-0.2, 0) is 6.42 Å². The van der Waals surface area contributed by atoms with Crippen molar-refractivity contribution in [3.63, 3.8) is 0 Å². The van der Waals surface area contributed by atoms with Crippen LogP contribution in [0.4, 0.5) is 0 Å². The van der Waals surface area contributed by atoms with E-state index in [0.29, 0.717) is 6.04 Å². The first-order valence-corrected chi connectivity index (χ1v) is 6.49. The molecule has 0 saturated heterocycles. The number of hydrogen-bond donors (Lipinski definition) is 1. The Hall–Kier alpha value is -0.760. The van der Waals surface area contributed by atoms with Crippen molar-refractivity contribution in [1.82, 2.24) is 5.32 Å². The SMILES string of the molecule is CCC(CC)CC(CCc1ccco1)NC. The average Bonchev–Trinajstić information content (AvgIpc) is 2.83. The standard InChI is InChI=1S/C14H25NO/c1-4-12(5-2)11-13(15-3)8-9-14-7-6-10-16-14/h6-7,10,12-13,15H,4-5,8-9,11H2,1-3H3. The molecule has 1 aromatic rings. The van der Waals surface area contributed by atoms with Crippen LogP contribution in [-0.4, -0.2) is 13.1 Å². The topological polar surface area (TPSA) is 25.2 Å². The number of rotatable bonds is 8. The van der Waals surface area contributed by atoms with Crippen molar-refractivity contribution in [2.75, 3.05) is 7.05 Å². The fourth-order valence-electron chi connectivity index (χ4n) is 2.18. The molecule has 0 saturated carbocycles. The van der Waals surface area contributed by atoms with Gasteiger partial charge in [-0.05, 0) is 37.9 Å². The summed E-state index contributed by atoms with van der Waals surface area (Å²) in [6.45, 7) is 4.57. The van der Waals surface area contributed by atoms with Crippen molar-refractivity contribution in [3.8, 4) is 0 Å². The fourth-order valence-corrected chi connectivity index (χ4v) is 2.18. The monoisotopic (exact) mass is 223 g/mol. The molecule has 0 amide bonds. The van der Waals surface area contributed by atoms with Crippen molar-refractivity contribution in [2.45, 2.75) is 52.0 Å². The molecule has 0 bridgehead atoms. The van der Waals surface area contributed by atoms with Crippen molar-refractivity contribution >= 4 is 0 Å². The summed E-state index contributed by atoms with van der Waals surface area (Å²) in [5.41, 5.74) is 0. The molecule has 2 heteroatoms. The van der Waals surface area contributed by atoms with Crippen molar-refractivity contribution < 1.29 is 4.42 Å². The van der Waals surface area contributed by atoms with Crippen LogP contribution in [0.5, 0.6) is 0 Å². The van der Waals surface area contributed by atoms with Crippen molar-refractivity contribution in [2.24, 2.45) is 5.92 Å². The Labute approximate surface area is 99.4 Å². The second-order valence-corrected chi connectivity index (χ2v) is 4.52. The quantitative estimate of drug-likeness (QED) is 0.728. The van der Waals surface area contributed by atoms with Gasteiger partial charge in [-0.3, -0.25) is 0 Å². The minimum atomic E-state index is 0.620. The lowest BCUT2D eigenvalue weighted by molar-refractivity contribution is 0.358. The first-order valence-electron chi connectivity index (χ1n) is 6.49. The van der Waals surface area contributed by atoms with Gasteiger partial charge in [0.05, 0.1) is 6.26 Å². The van der Waals surface area contributed by atoms with Gasteiger partial charge in [0.25, 0.3) is 0 Å². The summed E-state index contributed by atoms with van der Waals surface area (Å²) in [5, 5.41) is 3.42. The van der Waals surface area contributed by atoms with Gasteiger partial charge in [0.15, 0.2) is 0 Å². The molecule has 1 unspecified atom stereocenters. The van der Waals surface area contributed by atoms with E-state index in [1.807, 2.05) is 6.07 Å². The van der Waals surface area contributed by atoms with E-state index in [0.717, 1.165) is 18.1 Å². The lowest BCUT2D eigenvalue weighted by atomic mass is 9.92. The minimum absolute atomic E-state index is 0.620. The number of aryl methyl sites for hydroxylation is 1. The summed E-state index contributed by atoms with van der Waals surface area (Å²) in [6, 6.07) is 4.64. The summed E-state index contributed by atoms with van der Waals surface area (Å²) in [7, 11) is 2.06. The molecule has 0 spiro atoms. The smallest absolute Gasteiger partial charge is 0.103 e. The third-order valence-corrected chi connectivity index (χ3v) is 3.50. The summed E-state index contributed by atoms with van der Waals surface area (Å²) in [6.07, 6.45) is 7.82. The van der Waals surface area contributed by atoms with Gasteiger partial charge < -0.3 is 9.73 Å². The highest BCUT2D eigenvalue weighted by atomic mass is 16.3. The summed E-state index contributed by atoms with van der Waals surface area (Å²) < 4.78 is 5.36.